The van der Waals surface area contributed by atoms with E-state index in [4.69, 9.17) is 5.73 Å². The van der Waals surface area contributed by atoms with Gasteiger partial charge in [-0.25, -0.2) is 4.68 Å². The Balaban J connectivity index is 1.52. The van der Waals surface area contributed by atoms with Crippen molar-refractivity contribution in [3.05, 3.63) is 66.2 Å². The van der Waals surface area contributed by atoms with Gasteiger partial charge in [0.2, 0.25) is 5.91 Å². The Labute approximate surface area is 146 Å². The maximum Gasteiger partial charge on any atom is 0.222 e. The highest BCUT2D eigenvalue weighted by molar-refractivity contribution is 5.77. The van der Waals surface area contributed by atoms with Crippen LogP contribution < -0.4 is 11.1 Å². The van der Waals surface area contributed by atoms with Gasteiger partial charge in [0.15, 0.2) is 0 Å². The largest absolute Gasteiger partial charge is 0.369 e. The fraction of sp³-hybridized carbons (Fsp3) is 0.278. The molecule has 0 spiro atoms. The van der Waals surface area contributed by atoms with Gasteiger partial charge in [0.05, 0.1) is 17.8 Å². The van der Waals surface area contributed by atoms with Crippen LogP contribution in [0.5, 0.6) is 0 Å². The molecule has 0 saturated heterocycles. The normalized spacial score (nSPS) is 12.2. The lowest BCUT2D eigenvalue weighted by Gasteiger charge is -2.13. The monoisotopic (exact) mass is 338 g/mol. The van der Waals surface area contributed by atoms with Crippen LogP contribution in [0.4, 0.5) is 0 Å². The zero-order valence-corrected chi connectivity index (χ0v) is 14.2. The molecule has 2 aromatic heterocycles. The number of primary amides is 1. The van der Waals surface area contributed by atoms with E-state index in [0.29, 0.717) is 19.5 Å². The van der Waals surface area contributed by atoms with Gasteiger partial charge in [-0.15, -0.1) is 0 Å². The minimum Gasteiger partial charge on any atom is -0.369 e. The second kappa shape index (κ2) is 7.76. The van der Waals surface area contributed by atoms with Crippen molar-refractivity contribution in [3.63, 3.8) is 0 Å². The van der Waals surface area contributed by atoms with E-state index >= 15 is 0 Å². The van der Waals surface area contributed by atoms with E-state index < -0.39 is 0 Å². The number of aryl methyl sites for hydroxylation is 1. The summed E-state index contributed by atoms with van der Waals surface area (Å²) in [5.41, 5.74) is 8.69. The van der Waals surface area contributed by atoms with Gasteiger partial charge in [0.25, 0.3) is 0 Å². The first-order valence-corrected chi connectivity index (χ1v) is 8.18. The molecule has 130 valence electrons. The number of rotatable bonds is 8. The average Bonchev–Trinajstić information content (AvgIpc) is 3.26. The summed E-state index contributed by atoms with van der Waals surface area (Å²) in [6, 6.07) is 10.0. The van der Waals surface area contributed by atoms with Crippen molar-refractivity contribution in [2.75, 3.05) is 6.54 Å². The molecule has 0 aliphatic rings. The van der Waals surface area contributed by atoms with E-state index in [1.807, 2.05) is 54.5 Å². The standard InChI is InChI=1S/C18H22N6O/c1-23-13-15(11-22-23)9-16(18(19)25)12-20-10-14-3-5-17(6-4-14)24-8-2-7-21-24/h2-8,11,13,16,20H,9-10,12H2,1H3,(H2,19,25)/t16-/m0/s1. The third kappa shape index (κ3) is 4.54. The number of nitrogens with zero attached hydrogens (tertiary/aromatic N) is 4. The maximum atomic E-state index is 11.7. The highest BCUT2D eigenvalue weighted by atomic mass is 16.1. The minimum absolute atomic E-state index is 0.257. The number of nitrogens with one attached hydrogen (secondary N) is 1. The molecular weight excluding hydrogens is 316 g/mol. The van der Waals surface area contributed by atoms with E-state index in [9.17, 15) is 4.79 Å². The third-order valence-corrected chi connectivity index (χ3v) is 4.07. The first kappa shape index (κ1) is 16.9. The van der Waals surface area contributed by atoms with Crippen molar-refractivity contribution in [2.45, 2.75) is 13.0 Å². The summed E-state index contributed by atoms with van der Waals surface area (Å²) in [5.74, 6) is -0.557. The van der Waals surface area contributed by atoms with Crippen LogP contribution in [0.3, 0.4) is 0 Å². The molecule has 3 rings (SSSR count). The second-order valence-corrected chi connectivity index (χ2v) is 6.07. The predicted octanol–water partition coefficient (Wildman–Crippen LogP) is 1.04. The highest BCUT2D eigenvalue weighted by Crippen LogP contribution is 2.10. The summed E-state index contributed by atoms with van der Waals surface area (Å²) < 4.78 is 3.54. The number of carbonyl (C=O) groups is 1. The number of hydrogen-bond donors (Lipinski definition) is 2. The van der Waals surface area contributed by atoms with Crippen LogP contribution in [0, 0.1) is 5.92 Å². The summed E-state index contributed by atoms with van der Waals surface area (Å²) in [4.78, 5) is 11.7. The van der Waals surface area contributed by atoms with Crippen LogP contribution in [0.15, 0.2) is 55.1 Å². The lowest BCUT2D eigenvalue weighted by molar-refractivity contribution is -0.121. The topological polar surface area (TPSA) is 90.8 Å². The van der Waals surface area contributed by atoms with Gasteiger partial charge in [0.1, 0.15) is 0 Å². The van der Waals surface area contributed by atoms with Crippen LogP contribution in [-0.2, 0) is 24.8 Å². The molecule has 0 radical (unpaired) electrons. The smallest absolute Gasteiger partial charge is 0.222 e. The predicted molar refractivity (Wildman–Crippen MR) is 94.9 cm³/mol. The Kier molecular flexibility index (Phi) is 5.25. The molecule has 2 heterocycles. The van der Waals surface area contributed by atoms with Crippen LogP contribution in [0.1, 0.15) is 11.1 Å². The lowest BCUT2D eigenvalue weighted by atomic mass is 10.0. The molecule has 7 heteroatoms. The van der Waals surface area contributed by atoms with E-state index in [2.05, 4.69) is 15.5 Å². The molecule has 7 nitrogen and oxygen atoms in total. The Morgan fingerprint density at radius 1 is 1.24 bits per heavy atom. The molecule has 1 atom stereocenters. The molecule has 0 aliphatic carbocycles. The number of nitrogens with two attached hydrogens (primary N) is 1. The lowest BCUT2D eigenvalue weighted by Crippen LogP contribution is -2.34. The van der Waals surface area contributed by atoms with Gasteiger partial charge in [-0.1, -0.05) is 12.1 Å². The molecule has 0 saturated carbocycles. The van der Waals surface area contributed by atoms with Gasteiger partial charge < -0.3 is 11.1 Å². The number of carbonyl (C=O) groups excluding carboxylic acids is 1. The van der Waals surface area contributed by atoms with Gasteiger partial charge in [-0.05, 0) is 35.7 Å². The van der Waals surface area contributed by atoms with E-state index in [1.165, 1.54) is 0 Å². The molecule has 0 fully saturated rings. The van der Waals surface area contributed by atoms with Crippen molar-refractivity contribution in [2.24, 2.45) is 18.7 Å². The number of amides is 1. The quantitative estimate of drug-likeness (QED) is 0.642. The summed E-state index contributed by atoms with van der Waals surface area (Å²) in [6.07, 6.45) is 7.92. The Bertz CT molecular complexity index is 806. The number of aromatic nitrogens is 4. The molecular formula is C18H22N6O. The van der Waals surface area contributed by atoms with E-state index in [0.717, 1.165) is 16.8 Å². The van der Waals surface area contributed by atoms with Crippen LogP contribution in [0.25, 0.3) is 5.69 Å². The van der Waals surface area contributed by atoms with Crippen LogP contribution in [-0.4, -0.2) is 32.0 Å². The van der Waals surface area contributed by atoms with Gasteiger partial charge in [-0.2, -0.15) is 10.2 Å². The molecule has 0 bridgehead atoms. The van der Waals surface area contributed by atoms with Crippen molar-refractivity contribution in [3.8, 4) is 5.69 Å². The fourth-order valence-electron chi connectivity index (χ4n) is 2.71. The van der Waals surface area contributed by atoms with Gasteiger partial charge >= 0.3 is 0 Å². The van der Waals surface area contributed by atoms with E-state index in [1.54, 1.807) is 17.1 Å². The molecule has 0 aliphatic heterocycles. The molecule has 3 N–H and O–H groups in total. The van der Waals surface area contributed by atoms with Crippen molar-refractivity contribution in [1.82, 2.24) is 24.9 Å². The second-order valence-electron chi connectivity index (χ2n) is 6.07. The molecule has 1 amide bonds. The van der Waals surface area contributed by atoms with E-state index in [-0.39, 0.29) is 11.8 Å². The van der Waals surface area contributed by atoms with Gasteiger partial charge in [-0.3, -0.25) is 9.48 Å². The Hall–Kier alpha value is -2.93. The highest BCUT2D eigenvalue weighted by Gasteiger charge is 2.16. The van der Waals surface area contributed by atoms with Crippen molar-refractivity contribution in [1.29, 1.82) is 0 Å². The van der Waals surface area contributed by atoms with Crippen LogP contribution >= 0.6 is 0 Å². The average molecular weight is 338 g/mol. The zero-order chi connectivity index (χ0) is 17.6. The third-order valence-electron chi connectivity index (χ3n) is 4.07. The maximum absolute atomic E-state index is 11.7. The zero-order valence-electron chi connectivity index (χ0n) is 14.2. The van der Waals surface area contributed by atoms with Crippen LogP contribution in [0.2, 0.25) is 0 Å². The Morgan fingerprint density at radius 3 is 2.64 bits per heavy atom. The molecule has 25 heavy (non-hydrogen) atoms. The summed E-state index contributed by atoms with van der Waals surface area (Å²) in [5, 5.41) is 11.6. The minimum atomic E-state index is -0.301. The van der Waals surface area contributed by atoms with Crippen molar-refractivity contribution >= 4 is 5.91 Å². The summed E-state index contributed by atoms with van der Waals surface area (Å²) in [7, 11) is 1.86. The molecule has 0 unspecified atom stereocenters. The fourth-order valence-corrected chi connectivity index (χ4v) is 2.71. The summed E-state index contributed by atoms with van der Waals surface area (Å²) in [6.45, 7) is 1.21. The Morgan fingerprint density at radius 2 is 2.04 bits per heavy atom. The molecule has 3 aromatic rings. The summed E-state index contributed by atoms with van der Waals surface area (Å²) >= 11 is 0. The first-order chi connectivity index (χ1) is 12.1. The number of hydrogen-bond acceptors (Lipinski definition) is 4. The SMILES string of the molecule is Cn1cc(C[C@@H](CNCc2ccc(-n3cccn3)cc2)C(N)=O)cn1. The number of benzene rings is 1. The first-order valence-electron chi connectivity index (χ1n) is 8.18. The van der Waals surface area contributed by atoms with Crippen molar-refractivity contribution < 1.29 is 4.79 Å². The van der Waals surface area contributed by atoms with Gasteiger partial charge in [0, 0.05) is 38.7 Å². The molecule has 1 aromatic carbocycles.